The zero-order chi connectivity index (χ0) is 22.5. The molecule has 1 aromatic heterocycles. The Morgan fingerprint density at radius 1 is 1.06 bits per heavy atom. The number of benzene rings is 2. The molecule has 0 saturated carbocycles. The highest BCUT2D eigenvalue weighted by Gasteiger charge is 2.17. The van der Waals surface area contributed by atoms with Crippen molar-refractivity contribution in [3.63, 3.8) is 0 Å². The zero-order valence-electron chi connectivity index (χ0n) is 19.8. The third-order valence-corrected chi connectivity index (χ3v) is 7.75. The minimum atomic E-state index is 0.575. The standard InChI is InChI=1S/C31H34S/c1-5-6-13-26-14-10-17-29(24(26)4)31-19-18-30(32-31)27-15-9-12-25(21-27)20-23(3)28-16-8-7-11-22(28)2/h6-10,12-19,21-23H,5,11,20H2,1-4H3/b13-6-. The molecule has 164 valence electrons. The Balaban J connectivity index is 1.56. The molecule has 0 N–H and O–H groups in total. The topological polar surface area (TPSA) is 0 Å². The van der Waals surface area contributed by atoms with Crippen molar-refractivity contribution in [3.05, 3.63) is 101 Å². The predicted molar refractivity (Wildman–Crippen MR) is 143 cm³/mol. The van der Waals surface area contributed by atoms with Crippen LogP contribution in [0.2, 0.25) is 0 Å². The van der Waals surface area contributed by atoms with Crippen molar-refractivity contribution in [2.45, 2.75) is 47.0 Å². The fourth-order valence-electron chi connectivity index (χ4n) is 4.72. The van der Waals surface area contributed by atoms with E-state index in [9.17, 15) is 0 Å². The summed E-state index contributed by atoms with van der Waals surface area (Å²) in [5, 5.41) is 0. The molecule has 0 fully saturated rings. The van der Waals surface area contributed by atoms with Gasteiger partial charge >= 0.3 is 0 Å². The summed E-state index contributed by atoms with van der Waals surface area (Å²) in [5.41, 5.74) is 8.36. The molecule has 2 aromatic carbocycles. The average Bonchev–Trinajstić information content (AvgIpc) is 3.29. The van der Waals surface area contributed by atoms with Crippen LogP contribution in [0, 0.1) is 18.8 Å². The molecule has 0 saturated heterocycles. The Labute approximate surface area is 198 Å². The first kappa shape index (κ1) is 22.6. The van der Waals surface area contributed by atoms with Gasteiger partial charge in [0.2, 0.25) is 0 Å². The van der Waals surface area contributed by atoms with Gasteiger partial charge in [0, 0.05) is 9.75 Å². The van der Waals surface area contributed by atoms with Crippen molar-refractivity contribution in [2.24, 2.45) is 11.8 Å². The fraction of sp³-hybridized carbons (Fsp3) is 0.290. The summed E-state index contributed by atoms with van der Waals surface area (Å²) >= 11 is 1.90. The van der Waals surface area contributed by atoms with Crippen molar-refractivity contribution in [2.75, 3.05) is 0 Å². The Kier molecular flexibility index (Phi) is 7.27. The zero-order valence-corrected chi connectivity index (χ0v) is 20.6. The van der Waals surface area contributed by atoms with E-state index in [2.05, 4.69) is 113 Å². The lowest BCUT2D eigenvalue weighted by atomic mass is 9.82. The van der Waals surface area contributed by atoms with Crippen LogP contribution in [-0.4, -0.2) is 0 Å². The van der Waals surface area contributed by atoms with Crippen molar-refractivity contribution >= 4 is 17.4 Å². The van der Waals surface area contributed by atoms with Gasteiger partial charge in [-0.2, -0.15) is 0 Å². The Morgan fingerprint density at radius 3 is 2.69 bits per heavy atom. The van der Waals surface area contributed by atoms with E-state index >= 15 is 0 Å². The number of thiophene rings is 1. The highest BCUT2D eigenvalue weighted by atomic mass is 32.1. The highest BCUT2D eigenvalue weighted by Crippen LogP contribution is 2.37. The molecule has 32 heavy (non-hydrogen) atoms. The first-order chi connectivity index (χ1) is 15.6. The van der Waals surface area contributed by atoms with E-state index in [1.165, 1.54) is 44.0 Å². The molecule has 1 aliphatic rings. The van der Waals surface area contributed by atoms with E-state index in [-0.39, 0.29) is 0 Å². The van der Waals surface area contributed by atoms with Gasteiger partial charge in [-0.25, -0.2) is 0 Å². The fourth-order valence-corrected chi connectivity index (χ4v) is 5.80. The van der Waals surface area contributed by atoms with Crippen LogP contribution in [-0.2, 0) is 6.42 Å². The first-order valence-electron chi connectivity index (χ1n) is 11.9. The van der Waals surface area contributed by atoms with E-state index in [0.717, 1.165) is 12.8 Å². The Hall–Kier alpha value is -2.64. The largest absolute Gasteiger partial charge is 0.135 e. The van der Waals surface area contributed by atoms with Crippen LogP contribution in [0.1, 0.15) is 50.3 Å². The van der Waals surface area contributed by atoms with E-state index in [1.807, 2.05) is 11.3 Å². The summed E-state index contributed by atoms with van der Waals surface area (Å²) in [7, 11) is 0. The minimum absolute atomic E-state index is 0.575. The van der Waals surface area contributed by atoms with Crippen LogP contribution < -0.4 is 0 Å². The van der Waals surface area contributed by atoms with Gasteiger partial charge in [-0.15, -0.1) is 11.3 Å². The third-order valence-electron chi connectivity index (χ3n) is 6.59. The maximum absolute atomic E-state index is 2.39. The lowest BCUT2D eigenvalue weighted by Crippen LogP contribution is -2.12. The van der Waals surface area contributed by atoms with Crippen LogP contribution in [0.3, 0.4) is 0 Å². The summed E-state index contributed by atoms with van der Waals surface area (Å²) in [6, 6.07) is 20.4. The van der Waals surface area contributed by atoms with Crippen LogP contribution >= 0.6 is 11.3 Å². The minimum Gasteiger partial charge on any atom is -0.135 e. The first-order valence-corrected chi connectivity index (χ1v) is 12.7. The summed E-state index contributed by atoms with van der Waals surface area (Å²) < 4.78 is 0. The van der Waals surface area contributed by atoms with Gasteiger partial charge in [0.15, 0.2) is 0 Å². The van der Waals surface area contributed by atoms with Crippen molar-refractivity contribution in [3.8, 4) is 20.9 Å². The smallest absolute Gasteiger partial charge is 0.0352 e. The van der Waals surface area contributed by atoms with Crippen molar-refractivity contribution in [1.29, 1.82) is 0 Å². The van der Waals surface area contributed by atoms with Gasteiger partial charge in [-0.05, 0) is 78.0 Å². The second-order valence-electron chi connectivity index (χ2n) is 9.03. The number of hydrogen-bond acceptors (Lipinski definition) is 1. The average molecular weight is 439 g/mol. The molecule has 4 rings (SSSR count). The summed E-state index contributed by atoms with van der Waals surface area (Å²) in [6.07, 6.45) is 14.7. The molecular weight excluding hydrogens is 404 g/mol. The maximum Gasteiger partial charge on any atom is 0.0352 e. The molecule has 3 aromatic rings. The molecule has 0 nitrogen and oxygen atoms in total. The van der Waals surface area contributed by atoms with Crippen molar-refractivity contribution < 1.29 is 0 Å². The maximum atomic E-state index is 2.39. The molecule has 0 spiro atoms. The molecule has 1 heterocycles. The van der Waals surface area contributed by atoms with Gasteiger partial charge < -0.3 is 0 Å². The number of rotatable bonds is 7. The number of allylic oxidation sites excluding steroid dienone is 5. The summed E-state index contributed by atoms with van der Waals surface area (Å²) in [5.74, 6) is 1.23. The Bertz CT molecular complexity index is 1150. The van der Waals surface area contributed by atoms with Crippen LogP contribution in [0.15, 0.2) is 84.5 Å². The molecule has 1 heteroatoms. The lowest BCUT2D eigenvalue weighted by molar-refractivity contribution is 0.550. The molecule has 2 atom stereocenters. The lowest BCUT2D eigenvalue weighted by Gasteiger charge is -2.23. The van der Waals surface area contributed by atoms with Gasteiger partial charge in [0.25, 0.3) is 0 Å². The van der Waals surface area contributed by atoms with Gasteiger partial charge in [-0.1, -0.05) is 99.2 Å². The van der Waals surface area contributed by atoms with E-state index in [1.54, 1.807) is 5.57 Å². The molecule has 1 aliphatic carbocycles. The second-order valence-corrected chi connectivity index (χ2v) is 10.1. The third kappa shape index (κ3) is 5.05. The van der Waals surface area contributed by atoms with E-state index in [4.69, 9.17) is 0 Å². The molecular formula is C31H34S. The van der Waals surface area contributed by atoms with Crippen LogP contribution in [0.5, 0.6) is 0 Å². The summed E-state index contributed by atoms with van der Waals surface area (Å²) in [6.45, 7) is 9.15. The van der Waals surface area contributed by atoms with E-state index in [0.29, 0.717) is 11.8 Å². The molecule has 0 bridgehead atoms. The molecule has 0 radical (unpaired) electrons. The SMILES string of the molecule is CC/C=C\c1cccc(-c2ccc(-c3cccc(CC(C)C4=CC=CCC4C)c3)s2)c1C. The number of hydrogen-bond donors (Lipinski definition) is 0. The highest BCUT2D eigenvalue weighted by molar-refractivity contribution is 7.18. The van der Waals surface area contributed by atoms with Crippen LogP contribution in [0.25, 0.3) is 27.0 Å². The van der Waals surface area contributed by atoms with Gasteiger partial charge in [0.1, 0.15) is 0 Å². The Morgan fingerprint density at radius 2 is 1.88 bits per heavy atom. The molecule has 2 unspecified atom stereocenters. The molecule has 0 aliphatic heterocycles. The van der Waals surface area contributed by atoms with Crippen molar-refractivity contribution in [1.82, 2.24) is 0 Å². The predicted octanol–water partition coefficient (Wildman–Crippen LogP) is 9.51. The summed E-state index contributed by atoms with van der Waals surface area (Å²) in [4.78, 5) is 2.69. The van der Waals surface area contributed by atoms with Gasteiger partial charge in [0.05, 0.1) is 0 Å². The van der Waals surface area contributed by atoms with E-state index < -0.39 is 0 Å². The second kappa shape index (κ2) is 10.3. The van der Waals surface area contributed by atoms with Crippen LogP contribution in [0.4, 0.5) is 0 Å². The quantitative estimate of drug-likeness (QED) is 0.344. The van der Waals surface area contributed by atoms with Gasteiger partial charge in [-0.3, -0.25) is 0 Å². The molecule has 0 amide bonds. The monoisotopic (exact) mass is 438 g/mol. The normalized spacial score (nSPS) is 17.0.